The van der Waals surface area contributed by atoms with Crippen molar-refractivity contribution >= 4 is 16.9 Å². The van der Waals surface area contributed by atoms with Crippen LogP contribution in [0.4, 0.5) is 0 Å². The van der Waals surface area contributed by atoms with Gasteiger partial charge in [0, 0.05) is 31.5 Å². The summed E-state index contributed by atoms with van der Waals surface area (Å²) in [6, 6.07) is 8.70. The van der Waals surface area contributed by atoms with E-state index in [4.69, 9.17) is 4.98 Å². The van der Waals surface area contributed by atoms with E-state index in [0.29, 0.717) is 18.4 Å². The van der Waals surface area contributed by atoms with Gasteiger partial charge in [-0.1, -0.05) is 37.1 Å². The summed E-state index contributed by atoms with van der Waals surface area (Å²) >= 11 is 0. The van der Waals surface area contributed by atoms with E-state index in [9.17, 15) is 4.79 Å². The quantitative estimate of drug-likeness (QED) is 0.801. The van der Waals surface area contributed by atoms with Gasteiger partial charge < -0.3 is 9.47 Å². The van der Waals surface area contributed by atoms with Gasteiger partial charge in [-0.15, -0.1) is 0 Å². The number of rotatable bonds is 4. The fraction of sp³-hybridized carbons (Fsp3) is 0.500. The fourth-order valence-corrected chi connectivity index (χ4v) is 4.32. The first-order valence-electron chi connectivity index (χ1n) is 9.02. The van der Waals surface area contributed by atoms with Gasteiger partial charge in [0.05, 0.1) is 11.0 Å². The SMILES string of the molecule is C=C(C)Cn1c(C2CC(=O)N(C3CCCC3)C2)nc2ccccc21. The van der Waals surface area contributed by atoms with Crippen LogP contribution < -0.4 is 0 Å². The van der Waals surface area contributed by atoms with Gasteiger partial charge in [0.1, 0.15) is 5.82 Å². The van der Waals surface area contributed by atoms with E-state index < -0.39 is 0 Å². The van der Waals surface area contributed by atoms with Crippen LogP contribution in [0, 0.1) is 0 Å². The number of amides is 1. The van der Waals surface area contributed by atoms with Gasteiger partial charge in [-0.05, 0) is 31.9 Å². The Kier molecular flexibility index (Phi) is 3.91. The predicted molar refractivity (Wildman–Crippen MR) is 95.9 cm³/mol. The Bertz CT molecular complexity index is 785. The normalized spacial score (nSPS) is 22.0. The average Bonchev–Trinajstić information content (AvgIpc) is 3.26. The molecule has 0 bridgehead atoms. The van der Waals surface area contributed by atoms with Crippen molar-refractivity contribution in [2.24, 2.45) is 0 Å². The summed E-state index contributed by atoms with van der Waals surface area (Å²) in [5.74, 6) is 1.55. The topological polar surface area (TPSA) is 38.1 Å². The fourth-order valence-electron chi connectivity index (χ4n) is 4.32. The molecule has 1 aliphatic carbocycles. The minimum Gasteiger partial charge on any atom is -0.339 e. The molecule has 4 rings (SSSR count). The van der Waals surface area contributed by atoms with E-state index in [-0.39, 0.29) is 5.92 Å². The van der Waals surface area contributed by atoms with Crippen LogP contribution in [0.5, 0.6) is 0 Å². The van der Waals surface area contributed by atoms with Crippen LogP contribution in [0.25, 0.3) is 11.0 Å². The number of likely N-dealkylation sites (tertiary alicyclic amines) is 1. The van der Waals surface area contributed by atoms with Crippen LogP contribution in [-0.4, -0.2) is 32.9 Å². The Labute approximate surface area is 143 Å². The van der Waals surface area contributed by atoms with Crippen LogP contribution in [0.15, 0.2) is 36.4 Å². The third-order valence-corrected chi connectivity index (χ3v) is 5.40. The average molecular weight is 323 g/mol. The van der Waals surface area contributed by atoms with E-state index in [0.717, 1.165) is 35.5 Å². The van der Waals surface area contributed by atoms with E-state index in [2.05, 4.69) is 28.2 Å². The molecule has 4 nitrogen and oxygen atoms in total. The van der Waals surface area contributed by atoms with Crippen molar-refractivity contribution in [3.05, 3.63) is 42.2 Å². The summed E-state index contributed by atoms with van der Waals surface area (Å²) in [6.07, 6.45) is 5.44. The van der Waals surface area contributed by atoms with E-state index >= 15 is 0 Å². The monoisotopic (exact) mass is 323 g/mol. The van der Waals surface area contributed by atoms with Gasteiger partial charge in [0.15, 0.2) is 0 Å². The van der Waals surface area contributed by atoms with Gasteiger partial charge in [-0.3, -0.25) is 4.79 Å². The molecule has 1 saturated heterocycles. The van der Waals surface area contributed by atoms with Crippen molar-refractivity contribution in [2.75, 3.05) is 6.54 Å². The van der Waals surface area contributed by atoms with Gasteiger partial charge in [-0.25, -0.2) is 4.98 Å². The highest BCUT2D eigenvalue weighted by Gasteiger charge is 2.38. The number of carbonyl (C=O) groups excluding carboxylic acids is 1. The maximum absolute atomic E-state index is 12.6. The van der Waals surface area contributed by atoms with Crippen LogP contribution in [0.3, 0.4) is 0 Å². The highest BCUT2D eigenvalue weighted by atomic mass is 16.2. The number of imidazole rings is 1. The molecular weight excluding hydrogens is 298 g/mol. The molecule has 126 valence electrons. The number of carbonyl (C=O) groups is 1. The molecule has 2 aliphatic rings. The van der Waals surface area contributed by atoms with Gasteiger partial charge in [-0.2, -0.15) is 0 Å². The van der Waals surface area contributed by atoms with Crippen molar-refractivity contribution in [2.45, 2.75) is 57.5 Å². The summed E-state index contributed by atoms with van der Waals surface area (Å²) in [4.78, 5) is 19.6. The van der Waals surface area contributed by atoms with Crippen molar-refractivity contribution in [3.8, 4) is 0 Å². The zero-order chi connectivity index (χ0) is 16.7. The van der Waals surface area contributed by atoms with E-state index in [1.165, 1.54) is 25.7 Å². The molecule has 0 radical (unpaired) electrons. The van der Waals surface area contributed by atoms with Crippen molar-refractivity contribution in [1.29, 1.82) is 0 Å². The summed E-state index contributed by atoms with van der Waals surface area (Å²) in [7, 11) is 0. The second-order valence-electron chi connectivity index (χ2n) is 7.39. The number of hydrogen-bond donors (Lipinski definition) is 0. The van der Waals surface area contributed by atoms with Crippen molar-refractivity contribution in [1.82, 2.24) is 14.5 Å². The number of para-hydroxylation sites is 2. The maximum Gasteiger partial charge on any atom is 0.223 e. The van der Waals surface area contributed by atoms with Gasteiger partial charge >= 0.3 is 0 Å². The van der Waals surface area contributed by atoms with E-state index in [1.807, 2.05) is 19.1 Å². The first-order chi connectivity index (χ1) is 11.6. The maximum atomic E-state index is 12.6. The molecule has 1 aromatic heterocycles. The first-order valence-corrected chi connectivity index (χ1v) is 9.02. The van der Waals surface area contributed by atoms with E-state index in [1.54, 1.807) is 0 Å². The molecule has 1 unspecified atom stereocenters. The molecule has 2 fully saturated rings. The Morgan fingerprint density at radius 1 is 1.29 bits per heavy atom. The molecule has 4 heteroatoms. The summed E-state index contributed by atoms with van der Waals surface area (Å²) in [6.45, 7) is 7.71. The molecule has 2 aromatic rings. The van der Waals surface area contributed by atoms with Crippen molar-refractivity contribution < 1.29 is 4.79 Å². The summed E-state index contributed by atoms with van der Waals surface area (Å²) in [5.41, 5.74) is 3.26. The molecular formula is C20H25N3O. The highest BCUT2D eigenvalue weighted by molar-refractivity contribution is 5.81. The summed E-state index contributed by atoms with van der Waals surface area (Å²) < 4.78 is 2.26. The van der Waals surface area contributed by atoms with Crippen LogP contribution in [-0.2, 0) is 11.3 Å². The lowest BCUT2D eigenvalue weighted by atomic mass is 10.1. The predicted octanol–water partition coefficient (Wildman–Crippen LogP) is 3.87. The lowest BCUT2D eigenvalue weighted by molar-refractivity contribution is -0.129. The first kappa shape index (κ1) is 15.4. The third kappa shape index (κ3) is 2.64. The lowest BCUT2D eigenvalue weighted by Gasteiger charge is -2.24. The number of fused-ring (bicyclic) bond motifs is 1. The number of nitrogens with zero attached hydrogens (tertiary/aromatic N) is 3. The second kappa shape index (κ2) is 6.08. The Balaban J connectivity index is 1.68. The largest absolute Gasteiger partial charge is 0.339 e. The standard InChI is InChI=1S/C20H25N3O/c1-14(2)12-23-18-10-6-5-9-17(18)21-20(23)15-11-19(24)22(13-15)16-7-3-4-8-16/h5-6,9-10,15-16H,1,3-4,7-8,11-13H2,2H3. The Morgan fingerprint density at radius 2 is 2.04 bits per heavy atom. The highest BCUT2D eigenvalue weighted by Crippen LogP contribution is 2.35. The van der Waals surface area contributed by atoms with Gasteiger partial charge in [0.25, 0.3) is 0 Å². The lowest BCUT2D eigenvalue weighted by Crippen LogP contribution is -2.34. The second-order valence-corrected chi connectivity index (χ2v) is 7.39. The molecule has 1 aromatic carbocycles. The molecule has 2 heterocycles. The molecule has 1 saturated carbocycles. The number of hydrogen-bond acceptors (Lipinski definition) is 2. The molecule has 0 N–H and O–H groups in total. The number of allylic oxidation sites excluding steroid dienone is 1. The van der Waals surface area contributed by atoms with Crippen LogP contribution in [0.2, 0.25) is 0 Å². The van der Waals surface area contributed by atoms with Gasteiger partial charge in [0.2, 0.25) is 5.91 Å². The van der Waals surface area contributed by atoms with Crippen LogP contribution in [0.1, 0.15) is 50.8 Å². The van der Waals surface area contributed by atoms with Crippen LogP contribution >= 0.6 is 0 Å². The molecule has 1 amide bonds. The molecule has 1 atom stereocenters. The Hall–Kier alpha value is -2.10. The third-order valence-electron chi connectivity index (χ3n) is 5.40. The molecule has 24 heavy (non-hydrogen) atoms. The number of aromatic nitrogens is 2. The minimum absolute atomic E-state index is 0.199. The minimum atomic E-state index is 0.199. The molecule has 0 spiro atoms. The van der Waals surface area contributed by atoms with Crippen molar-refractivity contribution in [3.63, 3.8) is 0 Å². The summed E-state index contributed by atoms with van der Waals surface area (Å²) in [5, 5.41) is 0. The smallest absolute Gasteiger partial charge is 0.223 e. The number of benzene rings is 1. The molecule has 1 aliphatic heterocycles. The zero-order valence-electron chi connectivity index (χ0n) is 14.4. The Morgan fingerprint density at radius 3 is 2.79 bits per heavy atom. The zero-order valence-corrected chi connectivity index (χ0v) is 14.4.